The monoisotopic (exact) mass is 324 g/mol. The summed E-state index contributed by atoms with van der Waals surface area (Å²) >= 11 is 1.35. The third-order valence-electron chi connectivity index (χ3n) is 3.81. The molecule has 3 N–H and O–H groups in total. The SMILES string of the molecule is CCC(NC(=O)c1c(NC(=O)C2CC2)sc(C)c1C)C(=O)O. The van der Waals surface area contributed by atoms with Gasteiger partial charge in [-0.2, -0.15) is 0 Å². The lowest BCUT2D eigenvalue weighted by Gasteiger charge is -2.13. The Labute approximate surface area is 132 Å². The predicted octanol–water partition coefficient (Wildman–Crippen LogP) is 2.31. The molecule has 1 heterocycles. The topological polar surface area (TPSA) is 95.5 Å². The van der Waals surface area contributed by atoms with Gasteiger partial charge in [0.2, 0.25) is 5.91 Å². The molecule has 0 aromatic carbocycles. The number of carboxylic acid groups (broad SMARTS) is 1. The van der Waals surface area contributed by atoms with E-state index in [4.69, 9.17) is 5.11 Å². The summed E-state index contributed by atoms with van der Waals surface area (Å²) in [5, 5.41) is 14.9. The van der Waals surface area contributed by atoms with Crippen LogP contribution >= 0.6 is 11.3 Å². The van der Waals surface area contributed by atoms with Crippen molar-refractivity contribution in [3.63, 3.8) is 0 Å². The Kier molecular flexibility index (Phi) is 4.85. The zero-order valence-electron chi connectivity index (χ0n) is 12.9. The highest BCUT2D eigenvalue weighted by Gasteiger charge is 2.32. The van der Waals surface area contributed by atoms with Crippen LogP contribution in [0.4, 0.5) is 5.00 Å². The molecule has 2 rings (SSSR count). The highest BCUT2D eigenvalue weighted by atomic mass is 32.1. The Morgan fingerprint density at radius 3 is 2.45 bits per heavy atom. The summed E-state index contributed by atoms with van der Waals surface area (Å²) < 4.78 is 0. The number of aliphatic carboxylic acids is 1. The van der Waals surface area contributed by atoms with Crippen molar-refractivity contribution in [2.75, 3.05) is 5.32 Å². The first-order valence-corrected chi connectivity index (χ1v) is 8.11. The summed E-state index contributed by atoms with van der Waals surface area (Å²) in [6.45, 7) is 5.37. The Morgan fingerprint density at radius 2 is 1.95 bits per heavy atom. The van der Waals surface area contributed by atoms with Gasteiger partial charge in [0, 0.05) is 10.8 Å². The quantitative estimate of drug-likeness (QED) is 0.748. The van der Waals surface area contributed by atoms with Crippen molar-refractivity contribution in [2.24, 2.45) is 5.92 Å². The van der Waals surface area contributed by atoms with Crippen molar-refractivity contribution in [3.05, 3.63) is 16.0 Å². The van der Waals surface area contributed by atoms with Crippen LogP contribution in [0.2, 0.25) is 0 Å². The summed E-state index contributed by atoms with van der Waals surface area (Å²) in [6.07, 6.45) is 2.06. The number of amides is 2. The van der Waals surface area contributed by atoms with Gasteiger partial charge in [0.25, 0.3) is 5.91 Å². The third kappa shape index (κ3) is 3.47. The number of rotatable bonds is 6. The van der Waals surface area contributed by atoms with Gasteiger partial charge in [0.15, 0.2) is 0 Å². The lowest BCUT2D eigenvalue weighted by molar-refractivity contribution is -0.139. The van der Waals surface area contributed by atoms with Crippen molar-refractivity contribution in [1.29, 1.82) is 0 Å². The van der Waals surface area contributed by atoms with Gasteiger partial charge in [0.05, 0.1) is 5.56 Å². The standard InChI is InChI=1S/C15H20N2O4S/c1-4-10(15(20)21)16-13(19)11-7(2)8(3)22-14(11)17-12(18)9-5-6-9/h9-10H,4-6H2,1-3H3,(H,16,19)(H,17,18)(H,20,21). The van der Waals surface area contributed by atoms with E-state index in [-0.39, 0.29) is 11.8 Å². The maximum absolute atomic E-state index is 12.4. The molecule has 0 aliphatic heterocycles. The number of anilines is 1. The highest BCUT2D eigenvalue weighted by Crippen LogP contribution is 2.35. The molecule has 0 saturated heterocycles. The van der Waals surface area contributed by atoms with E-state index in [2.05, 4.69) is 10.6 Å². The van der Waals surface area contributed by atoms with Gasteiger partial charge in [-0.15, -0.1) is 11.3 Å². The fourth-order valence-electron chi connectivity index (χ4n) is 2.12. The van der Waals surface area contributed by atoms with E-state index in [1.807, 2.05) is 6.92 Å². The summed E-state index contributed by atoms with van der Waals surface area (Å²) in [6, 6.07) is -0.931. The van der Waals surface area contributed by atoms with Crippen LogP contribution < -0.4 is 10.6 Å². The first-order valence-electron chi connectivity index (χ1n) is 7.29. The second-order valence-electron chi connectivity index (χ2n) is 5.52. The van der Waals surface area contributed by atoms with Gasteiger partial charge in [-0.25, -0.2) is 4.79 Å². The number of carboxylic acids is 1. The van der Waals surface area contributed by atoms with E-state index in [1.165, 1.54) is 11.3 Å². The molecule has 0 radical (unpaired) electrons. The Balaban J connectivity index is 2.22. The van der Waals surface area contributed by atoms with E-state index in [1.54, 1.807) is 13.8 Å². The second kappa shape index (κ2) is 6.48. The van der Waals surface area contributed by atoms with E-state index < -0.39 is 17.9 Å². The Morgan fingerprint density at radius 1 is 1.32 bits per heavy atom. The van der Waals surface area contributed by atoms with E-state index in [0.717, 1.165) is 23.3 Å². The Hall–Kier alpha value is -1.89. The van der Waals surface area contributed by atoms with Crippen molar-refractivity contribution >= 4 is 34.1 Å². The molecule has 1 aromatic rings. The molecule has 1 saturated carbocycles. The lowest BCUT2D eigenvalue weighted by atomic mass is 10.1. The molecular weight excluding hydrogens is 304 g/mol. The van der Waals surface area contributed by atoms with Gasteiger partial charge in [-0.3, -0.25) is 9.59 Å². The Bertz CT molecular complexity index is 619. The number of aryl methyl sites for hydroxylation is 1. The molecule has 0 spiro atoms. The molecular formula is C15H20N2O4S. The largest absolute Gasteiger partial charge is 0.480 e. The molecule has 1 atom stereocenters. The minimum atomic E-state index is -1.07. The van der Waals surface area contributed by atoms with Crippen molar-refractivity contribution < 1.29 is 19.5 Å². The number of thiophene rings is 1. The van der Waals surface area contributed by atoms with Crippen LogP contribution in [0.15, 0.2) is 0 Å². The van der Waals surface area contributed by atoms with E-state index in [9.17, 15) is 14.4 Å². The van der Waals surface area contributed by atoms with E-state index >= 15 is 0 Å². The van der Waals surface area contributed by atoms with Gasteiger partial charge < -0.3 is 15.7 Å². The summed E-state index contributed by atoms with van der Waals surface area (Å²) in [5.41, 5.74) is 1.14. The van der Waals surface area contributed by atoms with Gasteiger partial charge >= 0.3 is 5.97 Å². The van der Waals surface area contributed by atoms with Gasteiger partial charge in [-0.05, 0) is 38.7 Å². The number of hydrogen-bond acceptors (Lipinski definition) is 4. The van der Waals surface area contributed by atoms with Crippen LogP contribution in [0.5, 0.6) is 0 Å². The van der Waals surface area contributed by atoms with E-state index in [0.29, 0.717) is 17.0 Å². The van der Waals surface area contributed by atoms with Crippen LogP contribution in [-0.4, -0.2) is 28.9 Å². The maximum Gasteiger partial charge on any atom is 0.326 e. The first-order chi connectivity index (χ1) is 10.3. The fourth-order valence-corrected chi connectivity index (χ4v) is 3.18. The van der Waals surface area contributed by atoms with Crippen LogP contribution in [0.3, 0.4) is 0 Å². The minimum absolute atomic E-state index is 0.0426. The molecule has 120 valence electrons. The molecule has 7 heteroatoms. The molecule has 1 fully saturated rings. The molecule has 1 aliphatic carbocycles. The van der Waals surface area contributed by atoms with Gasteiger partial charge in [-0.1, -0.05) is 6.92 Å². The predicted molar refractivity (Wildman–Crippen MR) is 84.3 cm³/mol. The molecule has 1 aromatic heterocycles. The number of carbonyl (C=O) groups is 3. The number of carbonyl (C=O) groups excluding carboxylic acids is 2. The smallest absolute Gasteiger partial charge is 0.326 e. The molecule has 2 amide bonds. The van der Waals surface area contributed by atoms with Crippen LogP contribution in [0, 0.1) is 19.8 Å². The number of nitrogens with one attached hydrogen (secondary N) is 2. The highest BCUT2D eigenvalue weighted by molar-refractivity contribution is 7.16. The molecule has 1 unspecified atom stereocenters. The third-order valence-corrected chi connectivity index (χ3v) is 4.93. The fraction of sp³-hybridized carbons (Fsp3) is 0.533. The van der Waals surface area contributed by atoms with Crippen molar-refractivity contribution in [3.8, 4) is 0 Å². The first kappa shape index (κ1) is 16.5. The lowest BCUT2D eigenvalue weighted by Crippen LogP contribution is -2.40. The summed E-state index contributed by atoms with van der Waals surface area (Å²) in [5.74, 6) is -1.55. The summed E-state index contributed by atoms with van der Waals surface area (Å²) in [4.78, 5) is 36.3. The molecule has 6 nitrogen and oxygen atoms in total. The second-order valence-corrected chi connectivity index (χ2v) is 6.75. The average molecular weight is 324 g/mol. The zero-order chi connectivity index (χ0) is 16.4. The van der Waals surface area contributed by atoms with Crippen LogP contribution in [0.25, 0.3) is 0 Å². The van der Waals surface area contributed by atoms with Crippen molar-refractivity contribution in [2.45, 2.75) is 46.1 Å². The van der Waals surface area contributed by atoms with Crippen LogP contribution in [-0.2, 0) is 9.59 Å². The maximum atomic E-state index is 12.4. The van der Waals surface area contributed by atoms with Crippen LogP contribution in [0.1, 0.15) is 47.0 Å². The normalized spacial score (nSPS) is 15.2. The molecule has 0 bridgehead atoms. The van der Waals surface area contributed by atoms with Crippen molar-refractivity contribution in [1.82, 2.24) is 5.32 Å². The minimum Gasteiger partial charge on any atom is -0.480 e. The molecule has 1 aliphatic rings. The molecule has 22 heavy (non-hydrogen) atoms. The van der Waals surface area contributed by atoms with Gasteiger partial charge in [0.1, 0.15) is 11.0 Å². The average Bonchev–Trinajstić information content (AvgIpc) is 3.24. The number of hydrogen-bond donors (Lipinski definition) is 3. The zero-order valence-corrected chi connectivity index (χ0v) is 13.7. The summed E-state index contributed by atoms with van der Waals surface area (Å²) in [7, 11) is 0.